The van der Waals surface area contributed by atoms with Gasteiger partial charge in [-0.05, 0) is 49.8 Å². The SMILES string of the molecule is CCCCc1ccc(OCCC(CO)NC2CC2)cc1. The van der Waals surface area contributed by atoms with Crippen molar-refractivity contribution in [2.75, 3.05) is 13.2 Å². The molecular formula is C17H27NO2. The van der Waals surface area contributed by atoms with Crippen molar-refractivity contribution < 1.29 is 9.84 Å². The van der Waals surface area contributed by atoms with Crippen LogP contribution < -0.4 is 10.1 Å². The van der Waals surface area contributed by atoms with Gasteiger partial charge < -0.3 is 15.2 Å². The first-order chi connectivity index (χ1) is 9.81. The highest BCUT2D eigenvalue weighted by Gasteiger charge is 2.23. The molecule has 2 N–H and O–H groups in total. The van der Waals surface area contributed by atoms with E-state index < -0.39 is 0 Å². The molecule has 2 rings (SSSR count). The fourth-order valence-corrected chi connectivity index (χ4v) is 2.26. The molecule has 0 aliphatic heterocycles. The molecule has 0 saturated heterocycles. The van der Waals surface area contributed by atoms with Crippen LogP contribution in [0.5, 0.6) is 5.75 Å². The summed E-state index contributed by atoms with van der Waals surface area (Å²) in [5, 5.41) is 12.7. The highest BCUT2D eigenvalue weighted by molar-refractivity contribution is 5.27. The van der Waals surface area contributed by atoms with Crippen LogP contribution in [-0.2, 0) is 6.42 Å². The van der Waals surface area contributed by atoms with Crippen LogP contribution >= 0.6 is 0 Å². The Labute approximate surface area is 122 Å². The first-order valence-corrected chi connectivity index (χ1v) is 7.90. The van der Waals surface area contributed by atoms with Crippen LogP contribution in [0.4, 0.5) is 0 Å². The van der Waals surface area contributed by atoms with Gasteiger partial charge in [-0.3, -0.25) is 0 Å². The fourth-order valence-electron chi connectivity index (χ4n) is 2.26. The third kappa shape index (κ3) is 5.51. The van der Waals surface area contributed by atoms with Gasteiger partial charge in [-0.1, -0.05) is 25.5 Å². The number of aryl methyl sites for hydroxylation is 1. The van der Waals surface area contributed by atoms with Gasteiger partial charge in [0.15, 0.2) is 0 Å². The molecule has 1 saturated carbocycles. The topological polar surface area (TPSA) is 41.5 Å². The van der Waals surface area contributed by atoms with Gasteiger partial charge in [0.2, 0.25) is 0 Å². The number of unbranched alkanes of at least 4 members (excludes halogenated alkanes) is 1. The molecular weight excluding hydrogens is 250 g/mol. The fraction of sp³-hybridized carbons (Fsp3) is 0.647. The summed E-state index contributed by atoms with van der Waals surface area (Å²) in [4.78, 5) is 0. The molecule has 1 aliphatic rings. The average molecular weight is 277 g/mol. The number of nitrogens with one attached hydrogen (secondary N) is 1. The normalized spacial score (nSPS) is 16.1. The molecule has 1 fully saturated rings. The summed E-state index contributed by atoms with van der Waals surface area (Å²) in [5.74, 6) is 0.924. The number of aliphatic hydroxyl groups is 1. The molecule has 1 aliphatic carbocycles. The van der Waals surface area contributed by atoms with E-state index in [0.29, 0.717) is 12.6 Å². The van der Waals surface area contributed by atoms with Crippen molar-refractivity contribution in [1.82, 2.24) is 5.32 Å². The quantitative estimate of drug-likeness (QED) is 0.691. The second kappa shape index (κ2) is 8.28. The van der Waals surface area contributed by atoms with Crippen LogP contribution in [0.1, 0.15) is 44.6 Å². The van der Waals surface area contributed by atoms with Crippen molar-refractivity contribution in [3.8, 4) is 5.75 Å². The minimum atomic E-state index is 0.173. The zero-order valence-electron chi connectivity index (χ0n) is 12.5. The number of hydrogen-bond donors (Lipinski definition) is 2. The average Bonchev–Trinajstić information content (AvgIpc) is 3.29. The van der Waals surface area contributed by atoms with Crippen LogP contribution in [0, 0.1) is 0 Å². The monoisotopic (exact) mass is 277 g/mol. The van der Waals surface area contributed by atoms with Crippen molar-refractivity contribution in [3.05, 3.63) is 29.8 Å². The van der Waals surface area contributed by atoms with Gasteiger partial charge in [-0.25, -0.2) is 0 Å². The number of ether oxygens (including phenoxy) is 1. The van der Waals surface area contributed by atoms with E-state index in [1.54, 1.807) is 0 Å². The standard InChI is InChI=1S/C17H27NO2/c1-2-3-4-14-5-9-17(10-6-14)20-12-11-16(13-19)18-15-7-8-15/h5-6,9-10,15-16,18-19H,2-4,7-8,11-13H2,1H3. The molecule has 0 radical (unpaired) electrons. The molecule has 0 aromatic heterocycles. The molecule has 1 aromatic carbocycles. The Morgan fingerprint density at radius 1 is 1.30 bits per heavy atom. The van der Waals surface area contributed by atoms with Crippen molar-refractivity contribution in [2.24, 2.45) is 0 Å². The molecule has 20 heavy (non-hydrogen) atoms. The van der Waals surface area contributed by atoms with E-state index in [0.717, 1.165) is 18.6 Å². The van der Waals surface area contributed by atoms with Gasteiger partial charge in [0.1, 0.15) is 5.75 Å². The highest BCUT2D eigenvalue weighted by Crippen LogP contribution is 2.20. The summed E-state index contributed by atoms with van der Waals surface area (Å²) >= 11 is 0. The molecule has 0 bridgehead atoms. The molecule has 0 amide bonds. The Morgan fingerprint density at radius 2 is 2.05 bits per heavy atom. The number of hydrogen-bond acceptors (Lipinski definition) is 3. The minimum absolute atomic E-state index is 0.173. The van der Waals surface area contributed by atoms with Gasteiger partial charge in [0.25, 0.3) is 0 Å². The molecule has 1 atom stereocenters. The van der Waals surface area contributed by atoms with Crippen molar-refractivity contribution >= 4 is 0 Å². The Bertz CT molecular complexity index is 373. The number of rotatable bonds is 10. The molecule has 112 valence electrons. The molecule has 0 heterocycles. The lowest BCUT2D eigenvalue weighted by molar-refractivity contribution is 0.207. The van der Waals surface area contributed by atoms with Crippen LogP contribution in [0.2, 0.25) is 0 Å². The Morgan fingerprint density at radius 3 is 2.65 bits per heavy atom. The first kappa shape index (κ1) is 15.3. The predicted molar refractivity (Wildman–Crippen MR) is 82.2 cm³/mol. The summed E-state index contributed by atoms with van der Waals surface area (Å²) in [6.07, 6.45) is 6.96. The van der Waals surface area contributed by atoms with E-state index in [-0.39, 0.29) is 12.6 Å². The number of aliphatic hydroxyl groups excluding tert-OH is 1. The van der Waals surface area contributed by atoms with Crippen molar-refractivity contribution in [1.29, 1.82) is 0 Å². The van der Waals surface area contributed by atoms with Crippen LogP contribution in [0.15, 0.2) is 24.3 Å². The van der Waals surface area contributed by atoms with Gasteiger partial charge >= 0.3 is 0 Å². The number of benzene rings is 1. The van der Waals surface area contributed by atoms with Crippen molar-refractivity contribution in [2.45, 2.75) is 57.5 Å². The summed E-state index contributed by atoms with van der Waals surface area (Å²) in [6.45, 7) is 3.06. The van der Waals surface area contributed by atoms with E-state index >= 15 is 0 Å². The second-order valence-electron chi connectivity index (χ2n) is 5.71. The van der Waals surface area contributed by atoms with Crippen LogP contribution in [0.3, 0.4) is 0 Å². The third-order valence-corrected chi connectivity index (χ3v) is 3.75. The lowest BCUT2D eigenvalue weighted by Gasteiger charge is -2.16. The largest absolute Gasteiger partial charge is 0.494 e. The molecule has 1 aromatic rings. The lowest BCUT2D eigenvalue weighted by atomic mass is 10.1. The Balaban J connectivity index is 1.67. The molecule has 0 spiro atoms. The predicted octanol–water partition coefficient (Wildman–Crippen LogP) is 2.91. The van der Waals surface area contributed by atoms with E-state index in [9.17, 15) is 5.11 Å². The third-order valence-electron chi connectivity index (χ3n) is 3.75. The van der Waals surface area contributed by atoms with Gasteiger partial charge in [0, 0.05) is 12.1 Å². The lowest BCUT2D eigenvalue weighted by Crippen LogP contribution is -2.35. The van der Waals surface area contributed by atoms with E-state index in [1.807, 2.05) is 12.1 Å². The van der Waals surface area contributed by atoms with Crippen LogP contribution in [-0.4, -0.2) is 30.4 Å². The van der Waals surface area contributed by atoms with Gasteiger partial charge in [-0.2, -0.15) is 0 Å². The van der Waals surface area contributed by atoms with Gasteiger partial charge in [-0.15, -0.1) is 0 Å². The van der Waals surface area contributed by atoms with Crippen LogP contribution in [0.25, 0.3) is 0 Å². The van der Waals surface area contributed by atoms with E-state index in [4.69, 9.17) is 4.74 Å². The van der Waals surface area contributed by atoms with Gasteiger partial charge in [0.05, 0.1) is 13.2 Å². The summed E-state index contributed by atoms with van der Waals surface area (Å²) in [6, 6.07) is 9.20. The second-order valence-corrected chi connectivity index (χ2v) is 5.71. The van der Waals surface area contributed by atoms with E-state index in [2.05, 4.69) is 24.4 Å². The Hall–Kier alpha value is -1.06. The first-order valence-electron chi connectivity index (χ1n) is 7.90. The van der Waals surface area contributed by atoms with E-state index in [1.165, 1.54) is 31.2 Å². The minimum Gasteiger partial charge on any atom is -0.494 e. The Kier molecular flexibility index (Phi) is 6.34. The summed E-state index contributed by atoms with van der Waals surface area (Å²) < 4.78 is 5.75. The maximum Gasteiger partial charge on any atom is 0.119 e. The summed E-state index contributed by atoms with van der Waals surface area (Å²) in [5.41, 5.74) is 1.38. The zero-order valence-corrected chi connectivity index (χ0v) is 12.5. The molecule has 1 unspecified atom stereocenters. The summed E-state index contributed by atoms with van der Waals surface area (Å²) in [7, 11) is 0. The maximum atomic E-state index is 9.30. The molecule has 3 nitrogen and oxygen atoms in total. The zero-order chi connectivity index (χ0) is 14.2. The van der Waals surface area contributed by atoms with Crippen molar-refractivity contribution in [3.63, 3.8) is 0 Å². The maximum absolute atomic E-state index is 9.30. The highest BCUT2D eigenvalue weighted by atomic mass is 16.5. The smallest absolute Gasteiger partial charge is 0.119 e. The molecule has 3 heteroatoms.